The molecular formula is C30H30N2O8. The van der Waals surface area contributed by atoms with Gasteiger partial charge in [0.15, 0.2) is 34.7 Å². The molecule has 7 atom stereocenters. The van der Waals surface area contributed by atoms with Gasteiger partial charge in [-0.05, 0) is 50.7 Å². The summed E-state index contributed by atoms with van der Waals surface area (Å²) < 4.78 is 0. The first-order valence-corrected chi connectivity index (χ1v) is 12.9. The molecule has 0 bridgehead atoms. The van der Waals surface area contributed by atoms with Crippen molar-refractivity contribution in [2.75, 3.05) is 14.1 Å². The van der Waals surface area contributed by atoms with Gasteiger partial charge in [0.05, 0.1) is 29.5 Å². The molecule has 0 radical (unpaired) electrons. The number of aliphatic hydroxyl groups is 2. The summed E-state index contributed by atoms with van der Waals surface area (Å²) in [7, 11) is 2.90. The van der Waals surface area contributed by atoms with E-state index in [-0.39, 0.29) is 11.1 Å². The van der Waals surface area contributed by atoms with Gasteiger partial charge in [-0.1, -0.05) is 47.5 Å². The summed E-state index contributed by atoms with van der Waals surface area (Å²) in [4.78, 5) is 68.4. The number of aliphatic hydroxyl groups excluding tert-OH is 1. The third kappa shape index (κ3) is 3.71. The minimum Gasteiger partial charge on any atom is -0.507 e. The molecule has 0 saturated heterocycles. The van der Waals surface area contributed by atoms with E-state index in [1.807, 2.05) is 32.0 Å². The number of aryl methyl sites for hydroxylation is 2. The molecule has 0 aromatic heterocycles. The molecule has 0 spiro atoms. The van der Waals surface area contributed by atoms with Gasteiger partial charge in [0, 0.05) is 5.92 Å². The summed E-state index contributed by atoms with van der Waals surface area (Å²) in [5.41, 5.74) is 5.31. The Hall–Kier alpha value is -3.99. The number of rotatable bonds is 3. The molecule has 10 heteroatoms. The van der Waals surface area contributed by atoms with Crippen molar-refractivity contribution in [2.45, 2.75) is 31.6 Å². The quantitative estimate of drug-likeness (QED) is 0.398. The third-order valence-corrected chi connectivity index (χ3v) is 8.44. The topological polar surface area (TPSA) is 175 Å². The number of nitrogens with two attached hydrogens (primary N) is 1. The minimum atomic E-state index is -3.05. The second-order valence-electron chi connectivity index (χ2n) is 11.2. The van der Waals surface area contributed by atoms with Crippen LogP contribution in [0.25, 0.3) is 11.6 Å². The molecule has 3 aliphatic carbocycles. The van der Waals surface area contributed by atoms with E-state index in [4.69, 9.17) is 5.73 Å². The van der Waals surface area contributed by atoms with E-state index in [1.54, 1.807) is 12.1 Å². The van der Waals surface area contributed by atoms with Crippen LogP contribution in [0.1, 0.15) is 32.6 Å². The molecule has 0 aliphatic heterocycles. The van der Waals surface area contributed by atoms with Crippen molar-refractivity contribution in [3.8, 4) is 5.75 Å². The van der Waals surface area contributed by atoms with Crippen LogP contribution in [0.3, 0.4) is 0 Å². The van der Waals surface area contributed by atoms with Gasteiger partial charge in [0.25, 0.3) is 0 Å². The van der Waals surface area contributed by atoms with Crippen LogP contribution in [0.2, 0.25) is 0 Å². The normalized spacial score (nSPS) is 32.6. The van der Waals surface area contributed by atoms with Gasteiger partial charge in [-0.2, -0.15) is 0 Å². The van der Waals surface area contributed by atoms with Gasteiger partial charge in [-0.3, -0.25) is 28.9 Å². The third-order valence-electron chi connectivity index (χ3n) is 8.44. The van der Waals surface area contributed by atoms with Crippen molar-refractivity contribution in [1.29, 1.82) is 0 Å². The molecule has 0 heterocycles. The predicted octanol–water partition coefficient (Wildman–Crippen LogP) is 0.453. The van der Waals surface area contributed by atoms with E-state index in [0.717, 1.165) is 11.1 Å². The molecule has 5 N–H and O–H groups in total. The van der Waals surface area contributed by atoms with Crippen LogP contribution in [0.4, 0.5) is 0 Å². The highest BCUT2D eigenvalue weighted by atomic mass is 16.3. The zero-order valence-corrected chi connectivity index (χ0v) is 22.4. The Labute approximate surface area is 230 Å². The number of nitrogens with zero attached hydrogens (tertiary/aromatic N) is 1. The second-order valence-corrected chi connectivity index (χ2v) is 11.2. The number of hydrogen-bond acceptors (Lipinski definition) is 9. The van der Waals surface area contributed by atoms with E-state index < -0.39 is 76.2 Å². The number of amides is 1. The number of phenolic OH excluding ortho intramolecular Hbond substituents is 1. The van der Waals surface area contributed by atoms with Crippen molar-refractivity contribution < 1.29 is 39.3 Å². The first-order valence-electron chi connectivity index (χ1n) is 12.9. The highest BCUT2D eigenvalue weighted by Crippen LogP contribution is 2.54. The predicted molar refractivity (Wildman–Crippen MR) is 143 cm³/mol. The number of ketones is 4. The number of likely N-dealkylation sites (N-methyl/N-ethyl adjacent to an activating group) is 1. The highest BCUT2D eigenvalue weighted by Gasteiger charge is 2.72. The van der Waals surface area contributed by atoms with Crippen LogP contribution in [0, 0.1) is 37.5 Å². The molecule has 40 heavy (non-hydrogen) atoms. The molecule has 2 aromatic rings. The van der Waals surface area contributed by atoms with Gasteiger partial charge < -0.3 is 21.1 Å². The first-order chi connectivity index (χ1) is 18.7. The number of phenols is 1. The van der Waals surface area contributed by atoms with Crippen LogP contribution >= 0.6 is 0 Å². The number of benzene rings is 2. The molecule has 2 unspecified atom stereocenters. The average Bonchev–Trinajstić information content (AvgIpc) is 2.84. The summed E-state index contributed by atoms with van der Waals surface area (Å²) in [5.74, 6) is -13.1. The standard InChI is InChI=1S/C30H30N2O8/c1-12-8-13(2)10-14(9-12)11-16-15-6-5-7-17(33)18(15)24(34)20-19(16)25(35)22-23(32(3)4)26(36)21(29(31)39)28(38)30(22,40)27(20)37/h5-11,19-23,25,33,35,40H,1-4H3,(H2,31,39)/b16-11+/t19-,20?,21?,22-,23+,25+,30+/m0/s1. The second kappa shape index (κ2) is 9.29. The van der Waals surface area contributed by atoms with Crippen LogP contribution in [-0.4, -0.2) is 81.1 Å². The molecule has 1 amide bonds. The van der Waals surface area contributed by atoms with E-state index in [1.165, 1.54) is 31.1 Å². The number of carbonyl (C=O) groups excluding carboxylic acids is 5. The van der Waals surface area contributed by atoms with Crippen LogP contribution in [-0.2, 0) is 19.2 Å². The maximum Gasteiger partial charge on any atom is 0.235 e. The minimum absolute atomic E-state index is 0.183. The monoisotopic (exact) mass is 546 g/mol. The van der Waals surface area contributed by atoms with Crippen LogP contribution < -0.4 is 5.73 Å². The van der Waals surface area contributed by atoms with Crippen molar-refractivity contribution in [3.63, 3.8) is 0 Å². The van der Waals surface area contributed by atoms with Gasteiger partial charge in [-0.15, -0.1) is 0 Å². The lowest BCUT2D eigenvalue weighted by molar-refractivity contribution is -0.192. The number of carbonyl (C=O) groups is 5. The highest BCUT2D eigenvalue weighted by molar-refractivity contribution is 6.33. The van der Waals surface area contributed by atoms with Gasteiger partial charge in [0.1, 0.15) is 5.75 Å². The number of primary amides is 1. The Bertz CT molecular complexity index is 1520. The Balaban J connectivity index is 1.81. The summed E-state index contributed by atoms with van der Waals surface area (Å²) in [6.07, 6.45) is -0.0505. The molecule has 10 nitrogen and oxygen atoms in total. The van der Waals surface area contributed by atoms with Crippen molar-refractivity contribution in [2.24, 2.45) is 29.4 Å². The van der Waals surface area contributed by atoms with Crippen molar-refractivity contribution in [1.82, 2.24) is 4.90 Å². The zero-order chi connectivity index (χ0) is 29.4. The Morgan fingerprint density at radius 3 is 2.23 bits per heavy atom. The summed E-state index contributed by atoms with van der Waals surface area (Å²) in [5, 5.41) is 34.4. The summed E-state index contributed by atoms with van der Waals surface area (Å²) in [6.45, 7) is 3.80. The van der Waals surface area contributed by atoms with Crippen LogP contribution in [0.15, 0.2) is 36.4 Å². The van der Waals surface area contributed by atoms with Gasteiger partial charge in [-0.25, -0.2) is 0 Å². The van der Waals surface area contributed by atoms with E-state index >= 15 is 0 Å². The maximum atomic E-state index is 14.2. The number of aromatic hydroxyl groups is 1. The lowest BCUT2D eigenvalue weighted by atomic mass is 9.50. The SMILES string of the molecule is Cc1cc(C)cc(/C=C2\c3cccc(O)c3C(=O)C3C(=O)[C@@]4(O)C(=O)C(C(N)=O)C(=O)[C@H](N(C)C)[C@H]4[C@H](O)[C@@H]23)c1. The van der Waals surface area contributed by atoms with Crippen LogP contribution in [0.5, 0.6) is 5.75 Å². The molecule has 208 valence electrons. The van der Waals surface area contributed by atoms with E-state index in [2.05, 4.69) is 0 Å². The maximum absolute atomic E-state index is 14.2. The number of Topliss-reactive ketones (excluding diaryl/α,β-unsaturated/α-hetero) is 4. The smallest absolute Gasteiger partial charge is 0.235 e. The number of fused-ring (bicyclic) bond motifs is 3. The fourth-order valence-electron chi connectivity index (χ4n) is 6.94. The lowest BCUT2D eigenvalue weighted by Gasteiger charge is -2.55. The van der Waals surface area contributed by atoms with E-state index in [9.17, 15) is 39.3 Å². The Morgan fingerprint density at radius 2 is 1.65 bits per heavy atom. The largest absolute Gasteiger partial charge is 0.507 e. The van der Waals surface area contributed by atoms with Crippen molar-refractivity contribution in [3.05, 3.63) is 64.2 Å². The lowest BCUT2D eigenvalue weighted by Crippen LogP contribution is -2.77. The first kappa shape index (κ1) is 27.6. The summed E-state index contributed by atoms with van der Waals surface area (Å²) in [6, 6.07) is 8.65. The molecule has 2 saturated carbocycles. The van der Waals surface area contributed by atoms with Crippen molar-refractivity contribution >= 4 is 40.7 Å². The fourth-order valence-corrected chi connectivity index (χ4v) is 6.94. The zero-order valence-electron chi connectivity index (χ0n) is 22.4. The Morgan fingerprint density at radius 1 is 1.02 bits per heavy atom. The number of hydrogen-bond donors (Lipinski definition) is 4. The average molecular weight is 547 g/mol. The van der Waals surface area contributed by atoms with Gasteiger partial charge in [0.2, 0.25) is 5.91 Å². The fraction of sp³-hybridized carbons (Fsp3) is 0.367. The molecule has 3 aliphatic rings. The van der Waals surface area contributed by atoms with Gasteiger partial charge >= 0.3 is 0 Å². The molecular weight excluding hydrogens is 516 g/mol. The molecule has 5 rings (SSSR count). The summed E-state index contributed by atoms with van der Waals surface area (Å²) >= 11 is 0. The van der Waals surface area contributed by atoms with E-state index in [0.29, 0.717) is 11.1 Å². The Kier molecular flexibility index (Phi) is 6.41. The molecule has 2 aromatic carbocycles. The molecule has 2 fully saturated rings.